The first-order valence-electron chi connectivity index (χ1n) is 6.02. The first-order valence-corrected chi connectivity index (χ1v) is 6.02. The molecule has 3 N–H and O–H groups in total. The predicted octanol–water partition coefficient (Wildman–Crippen LogP) is -2.81. The SMILES string of the molecule is CC(C)OC[C@H](O)C[NH+]1CC[NH+](C)CC1. The highest BCUT2D eigenvalue weighted by atomic mass is 16.5. The fraction of sp³-hybridized carbons (Fsp3) is 1.00. The van der Waals surface area contributed by atoms with Gasteiger partial charge in [0.1, 0.15) is 38.8 Å². The van der Waals surface area contributed by atoms with Crippen LogP contribution in [0.4, 0.5) is 0 Å². The molecule has 0 aliphatic carbocycles. The van der Waals surface area contributed by atoms with Crippen LogP contribution in [0.25, 0.3) is 0 Å². The second-order valence-corrected chi connectivity index (χ2v) is 4.95. The molecular formula is C11H26N2O2+2. The minimum Gasteiger partial charge on any atom is -0.385 e. The zero-order valence-electron chi connectivity index (χ0n) is 10.3. The standard InChI is InChI=1S/C11H24N2O2/c1-10(2)15-9-11(14)8-13-6-4-12(3)5-7-13/h10-11,14H,4-9H2,1-3H3/p+2/t11-/m1/s1. The van der Waals surface area contributed by atoms with Crippen LogP contribution in [0.3, 0.4) is 0 Å². The summed E-state index contributed by atoms with van der Waals surface area (Å²) in [7, 11) is 2.23. The summed E-state index contributed by atoms with van der Waals surface area (Å²) in [6, 6.07) is 0. The Balaban J connectivity index is 2.12. The van der Waals surface area contributed by atoms with Gasteiger partial charge in [-0.2, -0.15) is 0 Å². The molecule has 15 heavy (non-hydrogen) atoms. The lowest BCUT2D eigenvalue weighted by Gasteiger charge is -2.28. The van der Waals surface area contributed by atoms with E-state index < -0.39 is 0 Å². The molecule has 4 heteroatoms. The van der Waals surface area contributed by atoms with E-state index in [4.69, 9.17) is 4.74 Å². The average Bonchev–Trinajstić information content (AvgIpc) is 2.19. The van der Waals surface area contributed by atoms with Crippen LogP contribution in [0, 0.1) is 0 Å². The number of aliphatic hydroxyl groups excluding tert-OH is 1. The maximum Gasteiger partial charge on any atom is 0.127 e. The van der Waals surface area contributed by atoms with Gasteiger partial charge >= 0.3 is 0 Å². The van der Waals surface area contributed by atoms with Gasteiger partial charge in [0.2, 0.25) is 0 Å². The highest BCUT2D eigenvalue weighted by Gasteiger charge is 2.22. The molecule has 1 aliphatic rings. The number of aliphatic hydroxyl groups is 1. The van der Waals surface area contributed by atoms with E-state index in [1.807, 2.05) is 13.8 Å². The van der Waals surface area contributed by atoms with Gasteiger partial charge in [-0.15, -0.1) is 0 Å². The maximum atomic E-state index is 9.76. The lowest BCUT2D eigenvalue weighted by Crippen LogP contribution is -3.27. The van der Waals surface area contributed by atoms with Gasteiger partial charge in [-0.25, -0.2) is 0 Å². The van der Waals surface area contributed by atoms with Crippen molar-refractivity contribution in [1.82, 2.24) is 0 Å². The van der Waals surface area contributed by atoms with Crippen molar-refractivity contribution in [2.45, 2.75) is 26.1 Å². The Morgan fingerprint density at radius 1 is 1.20 bits per heavy atom. The molecule has 1 saturated heterocycles. The quantitative estimate of drug-likeness (QED) is 0.466. The number of nitrogens with one attached hydrogen (secondary N) is 2. The minimum absolute atomic E-state index is 0.214. The number of hydrogen-bond donors (Lipinski definition) is 3. The zero-order valence-corrected chi connectivity index (χ0v) is 10.3. The van der Waals surface area contributed by atoms with E-state index in [-0.39, 0.29) is 12.2 Å². The van der Waals surface area contributed by atoms with Crippen molar-refractivity contribution in [1.29, 1.82) is 0 Å². The van der Waals surface area contributed by atoms with Crippen LogP contribution >= 0.6 is 0 Å². The summed E-state index contributed by atoms with van der Waals surface area (Å²) in [5.41, 5.74) is 0. The molecule has 0 unspecified atom stereocenters. The molecule has 0 aromatic rings. The molecule has 4 nitrogen and oxygen atoms in total. The van der Waals surface area contributed by atoms with Gasteiger partial charge < -0.3 is 19.6 Å². The number of hydrogen-bond acceptors (Lipinski definition) is 2. The summed E-state index contributed by atoms with van der Waals surface area (Å²) in [4.78, 5) is 3.12. The molecule has 0 aromatic carbocycles. The lowest BCUT2D eigenvalue weighted by atomic mass is 10.3. The molecule has 0 radical (unpaired) electrons. The molecule has 1 heterocycles. The van der Waals surface area contributed by atoms with E-state index in [0.717, 1.165) is 6.54 Å². The first-order chi connectivity index (χ1) is 7.08. The Bertz CT molecular complexity index is 168. The Morgan fingerprint density at radius 2 is 1.80 bits per heavy atom. The second-order valence-electron chi connectivity index (χ2n) is 4.95. The van der Waals surface area contributed by atoms with Gasteiger partial charge in [-0.05, 0) is 13.8 Å². The summed E-state index contributed by atoms with van der Waals surface area (Å²) in [6.07, 6.45) is -0.0904. The fourth-order valence-corrected chi connectivity index (χ4v) is 1.93. The van der Waals surface area contributed by atoms with Crippen LogP contribution in [-0.4, -0.2) is 63.7 Å². The van der Waals surface area contributed by atoms with Crippen LogP contribution in [0.2, 0.25) is 0 Å². The summed E-state index contributed by atoms with van der Waals surface area (Å²) < 4.78 is 5.40. The van der Waals surface area contributed by atoms with Gasteiger partial charge in [-0.3, -0.25) is 0 Å². The van der Waals surface area contributed by atoms with Crippen molar-refractivity contribution in [3.05, 3.63) is 0 Å². The number of piperazine rings is 1. The third-order valence-corrected chi connectivity index (χ3v) is 2.96. The number of rotatable bonds is 5. The predicted molar refractivity (Wildman–Crippen MR) is 59.3 cm³/mol. The molecule has 1 rings (SSSR count). The van der Waals surface area contributed by atoms with E-state index >= 15 is 0 Å². The van der Waals surface area contributed by atoms with Crippen LogP contribution < -0.4 is 9.80 Å². The minimum atomic E-state index is -0.305. The summed E-state index contributed by atoms with van der Waals surface area (Å²) >= 11 is 0. The van der Waals surface area contributed by atoms with Gasteiger partial charge in [-0.1, -0.05) is 0 Å². The molecule has 0 aromatic heterocycles. The van der Waals surface area contributed by atoms with Gasteiger partial charge in [0.25, 0.3) is 0 Å². The number of quaternary nitrogens is 2. The van der Waals surface area contributed by atoms with Crippen molar-refractivity contribution >= 4 is 0 Å². The van der Waals surface area contributed by atoms with E-state index in [2.05, 4.69) is 7.05 Å². The third-order valence-electron chi connectivity index (χ3n) is 2.96. The van der Waals surface area contributed by atoms with Crippen molar-refractivity contribution in [3.63, 3.8) is 0 Å². The summed E-state index contributed by atoms with van der Waals surface area (Å²) in [6.45, 7) is 10.1. The van der Waals surface area contributed by atoms with E-state index in [1.165, 1.54) is 31.1 Å². The Kier molecular flexibility index (Phi) is 5.53. The van der Waals surface area contributed by atoms with Gasteiger partial charge in [0.05, 0.1) is 19.8 Å². The molecule has 0 saturated carbocycles. The number of likely N-dealkylation sites (N-methyl/N-ethyl adjacent to an activating group) is 1. The summed E-state index contributed by atoms with van der Waals surface area (Å²) in [5, 5.41) is 9.76. The largest absolute Gasteiger partial charge is 0.385 e. The van der Waals surface area contributed by atoms with Crippen molar-refractivity contribution < 1.29 is 19.6 Å². The van der Waals surface area contributed by atoms with Crippen LogP contribution in [-0.2, 0) is 4.74 Å². The molecule has 90 valence electrons. The molecule has 1 atom stereocenters. The van der Waals surface area contributed by atoms with Crippen molar-refractivity contribution in [2.75, 3.05) is 46.4 Å². The zero-order chi connectivity index (χ0) is 11.3. The number of ether oxygens (including phenoxy) is 1. The normalized spacial score (nSPS) is 29.4. The van der Waals surface area contributed by atoms with Crippen LogP contribution in [0.5, 0.6) is 0 Å². The average molecular weight is 218 g/mol. The molecule has 0 bridgehead atoms. The fourth-order valence-electron chi connectivity index (χ4n) is 1.93. The molecular weight excluding hydrogens is 192 g/mol. The Hall–Kier alpha value is -0.160. The highest BCUT2D eigenvalue weighted by Crippen LogP contribution is 1.89. The monoisotopic (exact) mass is 218 g/mol. The Labute approximate surface area is 92.8 Å². The molecule has 0 amide bonds. The molecule has 0 spiro atoms. The van der Waals surface area contributed by atoms with Gasteiger partial charge in [0, 0.05) is 0 Å². The van der Waals surface area contributed by atoms with Crippen molar-refractivity contribution in [3.8, 4) is 0 Å². The topological polar surface area (TPSA) is 38.3 Å². The molecule has 1 fully saturated rings. The lowest BCUT2D eigenvalue weighted by molar-refractivity contribution is -1.00. The van der Waals surface area contributed by atoms with E-state index in [0.29, 0.717) is 6.61 Å². The first kappa shape index (κ1) is 12.9. The second kappa shape index (κ2) is 6.43. The van der Waals surface area contributed by atoms with E-state index in [9.17, 15) is 5.11 Å². The maximum absolute atomic E-state index is 9.76. The Morgan fingerprint density at radius 3 is 2.33 bits per heavy atom. The summed E-state index contributed by atoms with van der Waals surface area (Å²) in [5.74, 6) is 0. The smallest absolute Gasteiger partial charge is 0.127 e. The van der Waals surface area contributed by atoms with Crippen molar-refractivity contribution in [2.24, 2.45) is 0 Å². The van der Waals surface area contributed by atoms with Gasteiger partial charge in [0.15, 0.2) is 0 Å². The third kappa shape index (κ3) is 5.47. The molecule has 1 aliphatic heterocycles. The van der Waals surface area contributed by atoms with E-state index in [1.54, 1.807) is 4.90 Å². The highest BCUT2D eigenvalue weighted by molar-refractivity contribution is 4.52. The van der Waals surface area contributed by atoms with Crippen LogP contribution in [0.15, 0.2) is 0 Å². The van der Waals surface area contributed by atoms with Crippen LogP contribution in [0.1, 0.15) is 13.8 Å².